The van der Waals surface area contributed by atoms with Crippen LogP contribution >= 0.6 is 0 Å². The quantitative estimate of drug-likeness (QED) is 0.157. The van der Waals surface area contributed by atoms with E-state index in [1.165, 1.54) is 71.6 Å². The highest BCUT2D eigenvalue weighted by atomic mass is 15.0. The predicted octanol–water partition coefficient (Wildman–Crippen LogP) is 14.9. The number of rotatable bonds is 6. The van der Waals surface area contributed by atoms with Gasteiger partial charge in [0.15, 0.2) is 17.5 Å². The van der Waals surface area contributed by atoms with Crippen LogP contribution in [0.5, 0.6) is 0 Å². The lowest BCUT2D eigenvalue weighted by Gasteiger charge is -2.30. The maximum absolute atomic E-state index is 5.10. The standard InChI is InChI=1S/C60H37N3/c1-3-13-38(14-4-1)39-27-31-43(32-28-39)58-61-57(42-15-5-2-6-16-42)62-59(63-58)48-22-10-21-46(36-48)44-19-9-20-45(35-44)47-33-34-52-50(37-47)49-23-7-8-24-51(49)60(52)53-25-11-17-40-29-30-41-18-12-26-54(60)56(41)55(40)53/h1-37H. The summed E-state index contributed by atoms with van der Waals surface area (Å²) in [5, 5.41) is 5.37. The maximum Gasteiger partial charge on any atom is 0.164 e. The van der Waals surface area contributed by atoms with E-state index < -0.39 is 0 Å². The van der Waals surface area contributed by atoms with Crippen molar-refractivity contribution in [1.82, 2.24) is 15.0 Å². The zero-order valence-corrected chi connectivity index (χ0v) is 34.2. The van der Waals surface area contributed by atoms with E-state index in [0.29, 0.717) is 17.5 Å². The van der Waals surface area contributed by atoms with Gasteiger partial charge in [0.2, 0.25) is 0 Å². The van der Waals surface area contributed by atoms with Gasteiger partial charge in [-0.3, -0.25) is 0 Å². The molecule has 0 saturated heterocycles. The average molecular weight is 800 g/mol. The minimum Gasteiger partial charge on any atom is -0.208 e. The van der Waals surface area contributed by atoms with E-state index in [1.807, 2.05) is 36.4 Å². The fraction of sp³-hybridized carbons (Fsp3) is 0.0167. The van der Waals surface area contributed by atoms with E-state index >= 15 is 0 Å². The van der Waals surface area contributed by atoms with E-state index in [0.717, 1.165) is 33.4 Å². The van der Waals surface area contributed by atoms with Gasteiger partial charge in [-0.2, -0.15) is 0 Å². The lowest BCUT2D eigenvalue weighted by Crippen LogP contribution is -2.26. The van der Waals surface area contributed by atoms with E-state index in [4.69, 9.17) is 15.0 Å². The molecule has 0 amide bonds. The van der Waals surface area contributed by atoms with Gasteiger partial charge in [0.25, 0.3) is 0 Å². The van der Waals surface area contributed by atoms with Gasteiger partial charge in [-0.25, -0.2) is 15.0 Å². The largest absolute Gasteiger partial charge is 0.208 e. The molecule has 10 aromatic carbocycles. The van der Waals surface area contributed by atoms with Crippen molar-refractivity contribution < 1.29 is 0 Å². The van der Waals surface area contributed by atoms with Gasteiger partial charge in [0.05, 0.1) is 5.41 Å². The Kier molecular flexibility index (Phi) is 7.82. The third kappa shape index (κ3) is 5.43. The Labute approximate surface area is 365 Å². The number of aromatic nitrogens is 3. The maximum atomic E-state index is 5.10. The third-order valence-corrected chi connectivity index (χ3v) is 13.3. The second-order valence-corrected chi connectivity index (χ2v) is 16.7. The van der Waals surface area contributed by atoms with Crippen molar-refractivity contribution in [1.29, 1.82) is 0 Å². The summed E-state index contributed by atoms with van der Waals surface area (Å²) in [5.41, 5.74) is 17.5. The zero-order valence-electron chi connectivity index (χ0n) is 34.2. The Morgan fingerprint density at radius 1 is 0.238 bits per heavy atom. The summed E-state index contributed by atoms with van der Waals surface area (Å²) in [5.74, 6) is 1.92. The Hall–Kier alpha value is -8.27. The van der Waals surface area contributed by atoms with Crippen molar-refractivity contribution >= 4 is 21.5 Å². The molecule has 2 aliphatic rings. The van der Waals surface area contributed by atoms with Crippen molar-refractivity contribution in [2.45, 2.75) is 5.41 Å². The highest BCUT2D eigenvalue weighted by Crippen LogP contribution is 2.62. The molecule has 3 nitrogen and oxygen atoms in total. The van der Waals surface area contributed by atoms with Crippen molar-refractivity contribution in [3.05, 3.63) is 247 Å². The number of hydrogen-bond acceptors (Lipinski definition) is 3. The van der Waals surface area contributed by atoms with E-state index in [2.05, 4.69) is 188 Å². The second kappa shape index (κ2) is 13.9. The monoisotopic (exact) mass is 799 g/mol. The Morgan fingerprint density at radius 2 is 0.635 bits per heavy atom. The molecule has 1 spiro atoms. The molecule has 3 heteroatoms. The smallest absolute Gasteiger partial charge is 0.164 e. The van der Waals surface area contributed by atoms with Crippen LogP contribution in [0.3, 0.4) is 0 Å². The molecule has 63 heavy (non-hydrogen) atoms. The molecule has 0 radical (unpaired) electrons. The first-order chi connectivity index (χ1) is 31.2. The second-order valence-electron chi connectivity index (χ2n) is 16.7. The van der Waals surface area contributed by atoms with Gasteiger partial charge in [0, 0.05) is 16.7 Å². The summed E-state index contributed by atoms with van der Waals surface area (Å²) < 4.78 is 0. The summed E-state index contributed by atoms with van der Waals surface area (Å²) >= 11 is 0. The summed E-state index contributed by atoms with van der Waals surface area (Å²) in [6, 6.07) is 81.0. The minimum absolute atomic E-state index is 0.365. The highest BCUT2D eigenvalue weighted by molar-refractivity contribution is 6.17. The van der Waals surface area contributed by atoms with Crippen LogP contribution < -0.4 is 0 Å². The van der Waals surface area contributed by atoms with Gasteiger partial charge in [0.1, 0.15) is 0 Å². The number of fused-ring (bicyclic) bond motifs is 7. The highest BCUT2D eigenvalue weighted by Gasteiger charge is 2.50. The summed E-state index contributed by atoms with van der Waals surface area (Å²) in [7, 11) is 0. The normalized spacial score (nSPS) is 12.9. The first-order valence-electron chi connectivity index (χ1n) is 21.6. The van der Waals surface area contributed by atoms with Crippen LogP contribution in [-0.2, 0) is 5.41 Å². The molecule has 0 saturated carbocycles. The molecule has 0 fully saturated rings. The van der Waals surface area contributed by atoms with Gasteiger partial charge in [-0.05, 0) is 107 Å². The van der Waals surface area contributed by atoms with Crippen molar-refractivity contribution in [2.75, 3.05) is 0 Å². The Morgan fingerprint density at radius 3 is 1.27 bits per heavy atom. The van der Waals surface area contributed by atoms with Crippen LogP contribution in [-0.4, -0.2) is 15.0 Å². The third-order valence-electron chi connectivity index (χ3n) is 13.3. The molecule has 0 aliphatic heterocycles. The van der Waals surface area contributed by atoms with Crippen LogP contribution in [0, 0.1) is 0 Å². The SMILES string of the molecule is c1ccc(-c2ccc(-c3nc(-c4ccccc4)nc(-c4cccc(-c5cccc(-c6ccc7c(c6)-c6ccccc6C76c7cccc8ccc9cccc6c9c78)c5)c4)n3)cc2)cc1. The van der Waals surface area contributed by atoms with E-state index in [9.17, 15) is 0 Å². The van der Waals surface area contributed by atoms with Crippen LogP contribution in [0.4, 0.5) is 0 Å². The van der Waals surface area contributed by atoms with Gasteiger partial charge >= 0.3 is 0 Å². The molecular weight excluding hydrogens is 763 g/mol. The molecule has 2 aliphatic carbocycles. The fourth-order valence-electron chi connectivity index (χ4n) is 10.5. The number of nitrogens with zero attached hydrogens (tertiary/aromatic N) is 3. The molecule has 0 unspecified atom stereocenters. The minimum atomic E-state index is -0.365. The lowest BCUT2D eigenvalue weighted by molar-refractivity contribution is 0.797. The Balaban J connectivity index is 0.892. The Bertz CT molecular complexity index is 3550. The van der Waals surface area contributed by atoms with Crippen LogP contribution in [0.2, 0.25) is 0 Å². The van der Waals surface area contributed by atoms with Crippen LogP contribution in [0.1, 0.15) is 22.3 Å². The molecule has 1 heterocycles. The lowest BCUT2D eigenvalue weighted by atomic mass is 9.70. The molecule has 0 atom stereocenters. The summed E-state index contributed by atoms with van der Waals surface area (Å²) in [6.07, 6.45) is 0. The molecule has 13 rings (SSSR count). The average Bonchev–Trinajstić information content (AvgIpc) is 3.84. The molecule has 0 bridgehead atoms. The molecule has 292 valence electrons. The zero-order chi connectivity index (χ0) is 41.5. The van der Waals surface area contributed by atoms with Crippen molar-refractivity contribution in [3.63, 3.8) is 0 Å². The van der Waals surface area contributed by atoms with Crippen molar-refractivity contribution in [2.24, 2.45) is 0 Å². The number of hydrogen-bond donors (Lipinski definition) is 0. The molecular formula is C60H37N3. The number of benzene rings is 10. The van der Waals surface area contributed by atoms with Gasteiger partial charge in [-0.1, -0.05) is 206 Å². The van der Waals surface area contributed by atoms with E-state index in [1.54, 1.807) is 0 Å². The summed E-state index contributed by atoms with van der Waals surface area (Å²) in [4.78, 5) is 15.2. The van der Waals surface area contributed by atoms with Crippen LogP contribution in [0.25, 0.3) is 100 Å². The first-order valence-corrected chi connectivity index (χ1v) is 21.6. The predicted molar refractivity (Wildman–Crippen MR) is 258 cm³/mol. The summed E-state index contributed by atoms with van der Waals surface area (Å²) in [6.45, 7) is 0. The topological polar surface area (TPSA) is 38.7 Å². The molecule has 0 N–H and O–H groups in total. The van der Waals surface area contributed by atoms with Gasteiger partial charge < -0.3 is 0 Å². The molecule has 11 aromatic rings. The van der Waals surface area contributed by atoms with Gasteiger partial charge in [-0.15, -0.1) is 0 Å². The van der Waals surface area contributed by atoms with E-state index in [-0.39, 0.29) is 5.41 Å². The first kappa shape index (κ1) is 35.5. The van der Waals surface area contributed by atoms with Crippen LogP contribution in [0.15, 0.2) is 224 Å². The van der Waals surface area contributed by atoms with Crippen molar-refractivity contribution in [3.8, 4) is 78.7 Å². The fourth-order valence-corrected chi connectivity index (χ4v) is 10.5. The molecule has 1 aromatic heterocycles.